The van der Waals surface area contributed by atoms with Gasteiger partial charge in [-0.25, -0.2) is 13.2 Å². The third kappa shape index (κ3) is 7.23. The first-order chi connectivity index (χ1) is 21.2. The average molecular weight is 654 g/mol. The quantitative estimate of drug-likeness (QED) is 0.283. The number of nitrogens with zero attached hydrogens (tertiary/aromatic N) is 1. The van der Waals surface area contributed by atoms with Crippen LogP contribution >= 0.6 is 11.6 Å². The van der Waals surface area contributed by atoms with E-state index in [1.165, 1.54) is 12.1 Å². The van der Waals surface area contributed by atoms with Crippen LogP contribution in [0.4, 0.5) is 16.2 Å². The normalized spacial score (nSPS) is 17.4. The van der Waals surface area contributed by atoms with Crippen molar-refractivity contribution in [2.45, 2.75) is 39.3 Å². The van der Waals surface area contributed by atoms with E-state index in [0.717, 1.165) is 16.7 Å². The summed E-state index contributed by atoms with van der Waals surface area (Å²) in [6.07, 6.45) is 0.293. The SMILES string of the molecule is CC1(C)CC(=O)C2=C(C1)Nc1c(O)cccc1N(C(=O)OCC(=O)NS(C)(=O)=O)C2c1ccc(OCc2ccccc2)cc1Cl. The molecule has 2 aliphatic rings. The van der Waals surface area contributed by atoms with E-state index in [4.69, 9.17) is 21.1 Å². The van der Waals surface area contributed by atoms with Crippen molar-refractivity contribution in [2.24, 2.45) is 5.41 Å². The minimum Gasteiger partial charge on any atom is -0.506 e. The molecule has 0 saturated heterocycles. The molecule has 1 aliphatic carbocycles. The van der Waals surface area contributed by atoms with Crippen LogP contribution in [-0.2, 0) is 31.0 Å². The number of sulfonamides is 1. The second-order valence-electron chi connectivity index (χ2n) is 11.7. The van der Waals surface area contributed by atoms with E-state index in [1.807, 2.05) is 44.2 Å². The number of allylic oxidation sites excluding steroid dienone is 1. The fourth-order valence-electron chi connectivity index (χ4n) is 5.53. The first-order valence-electron chi connectivity index (χ1n) is 14.0. The van der Waals surface area contributed by atoms with Crippen molar-refractivity contribution in [1.82, 2.24) is 4.72 Å². The summed E-state index contributed by atoms with van der Waals surface area (Å²) in [4.78, 5) is 41.2. The number of anilines is 2. The Bertz CT molecular complexity index is 1810. The maximum atomic E-state index is 13.9. The van der Waals surface area contributed by atoms with Gasteiger partial charge in [0.25, 0.3) is 5.91 Å². The predicted molar refractivity (Wildman–Crippen MR) is 169 cm³/mol. The second-order valence-corrected chi connectivity index (χ2v) is 13.9. The minimum absolute atomic E-state index is 0.147. The second kappa shape index (κ2) is 12.4. The molecule has 5 rings (SSSR count). The van der Waals surface area contributed by atoms with Gasteiger partial charge in [0, 0.05) is 22.7 Å². The Labute approximate surface area is 265 Å². The van der Waals surface area contributed by atoms with Crippen molar-refractivity contribution < 1.29 is 37.4 Å². The first-order valence-corrected chi connectivity index (χ1v) is 16.3. The number of halogens is 1. The number of ketones is 1. The number of hydrogen-bond acceptors (Lipinski definition) is 9. The summed E-state index contributed by atoms with van der Waals surface area (Å²) in [6.45, 7) is 3.25. The fourth-order valence-corrected chi connectivity index (χ4v) is 6.28. The van der Waals surface area contributed by atoms with Crippen molar-refractivity contribution in [1.29, 1.82) is 0 Å². The molecular formula is C32H32ClN3O8S. The van der Waals surface area contributed by atoms with E-state index in [9.17, 15) is 27.9 Å². The summed E-state index contributed by atoms with van der Waals surface area (Å²) in [5, 5.41) is 14.3. The maximum absolute atomic E-state index is 13.9. The molecule has 45 heavy (non-hydrogen) atoms. The van der Waals surface area contributed by atoms with Gasteiger partial charge in [-0.1, -0.05) is 67.9 Å². The molecule has 13 heteroatoms. The average Bonchev–Trinajstić information content (AvgIpc) is 3.09. The van der Waals surface area contributed by atoms with Crippen molar-refractivity contribution in [2.75, 3.05) is 23.1 Å². The van der Waals surface area contributed by atoms with Crippen molar-refractivity contribution in [3.8, 4) is 11.5 Å². The van der Waals surface area contributed by atoms with Crippen LogP contribution in [0.15, 0.2) is 78.0 Å². The van der Waals surface area contributed by atoms with Crippen LogP contribution in [0.1, 0.15) is 43.9 Å². The molecule has 0 spiro atoms. The van der Waals surface area contributed by atoms with Gasteiger partial charge in [-0.3, -0.25) is 19.2 Å². The van der Waals surface area contributed by atoms with Gasteiger partial charge in [-0.2, -0.15) is 0 Å². The largest absolute Gasteiger partial charge is 0.506 e. The van der Waals surface area contributed by atoms with Crippen molar-refractivity contribution in [3.05, 3.63) is 94.1 Å². The summed E-state index contributed by atoms with van der Waals surface area (Å²) in [5.41, 5.74) is 1.90. The zero-order valence-corrected chi connectivity index (χ0v) is 26.4. The van der Waals surface area contributed by atoms with Crippen LogP contribution < -0.4 is 19.7 Å². The third-order valence-corrected chi connectivity index (χ3v) is 8.27. The zero-order chi connectivity index (χ0) is 32.5. The minimum atomic E-state index is -3.91. The van der Waals surface area contributed by atoms with Crippen LogP contribution in [0.25, 0.3) is 0 Å². The van der Waals surface area contributed by atoms with Crippen molar-refractivity contribution in [3.63, 3.8) is 0 Å². The van der Waals surface area contributed by atoms with Crippen LogP contribution in [-0.4, -0.2) is 44.2 Å². The van der Waals surface area contributed by atoms with Gasteiger partial charge in [0.15, 0.2) is 12.4 Å². The van der Waals surface area contributed by atoms with Crippen LogP contribution in [0.2, 0.25) is 5.02 Å². The Morgan fingerprint density at radius 3 is 2.51 bits per heavy atom. The molecular weight excluding hydrogens is 622 g/mol. The van der Waals surface area contributed by atoms with Gasteiger partial charge < -0.3 is 19.9 Å². The van der Waals surface area contributed by atoms with E-state index in [2.05, 4.69) is 5.32 Å². The van der Waals surface area contributed by atoms with Crippen LogP contribution in [0.3, 0.4) is 0 Å². The lowest BCUT2D eigenvalue weighted by Crippen LogP contribution is -2.41. The Morgan fingerprint density at radius 1 is 1.09 bits per heavy atom. The Balaban J connectivity index is 1.61. The van der Waals surface area contributed by atoms with Gasteiger partial charge in [-0.15, -0.1) is 0 Å². The number of fused-ring (bicyclic) bond motifs is 1. The molecule has 11 nitrogen and oxygen atoms in total. The summed E-state index contributed by atoms with van der Waals surface area (Å²) in [5.74, 6) is -1.06. The van der Waals surface area contributed by atoms with E-state index >= 15 is 0 Å². The lowest BCUT2D eigenvalue weighted by Gasteiger charge is -2.37. The molecule has 236 valence electrons. The molecule has 1 heterocycles. The smallest absolute Gasteiger partial charge is 0.415 e. The van der Waals surface area contributed by atoms with Gasteiger partial charge >= 0.3 is 6.09 Å². The van der Waals surface area contributed by atoms with E-state index in [1.54, 1.807) is 29.0 Å². The topological polar surface area (TPSA) is 151 Å². The monoisotopic (exact) mass is 653 g/mol. The summed E-state index contributed by atoms with van der Waals surface area (Å²) >= 11 is 6.87. The molecule has 0 aromatic heterocycles. The number of Topliss-reactive ketones (excluding diaryl/α,β-unsaturated/α-hetero) is 1. The summed E-state index contributed by atoms with van der Waals surface area (Å²) < 4.78 is 36.0. The molecule has 0 saturated carbocycles. The molecule has 1 unspecified atom stereocenters. The summed E-state index contributed by atoms with van der Waals surface area (Å²) in [7, 11) is -3.91. The van der Waals surface area contributed by atoms with E-state index < -0.39 is 40.1 Å². The van der Waals surface area contributed by atoms with Gasteiger partial charge in [0.2, 0.25) is 10.0 Å². The molecule has 0 fully saturated rings. The van der Waals surface area contributed by atoms with E-state index in [0.29, 0.717) is 23.4 Å². The number of carbonyl (C=O) groups is 3. The number of aromatic hydroxyl groups is 1. The molecule has 3 N–H and O–H groups in total. The van der Waals surface area contributed by atoms with Crippen LogP contribution in [0.5, 0.6) is 11.5 Å². The highest BCUT2D eigenvalue weighted by molar-refractivity contribution is 7.89. The van der Waals surface area contributed by atoms with E-state index in [-0.39, 0.29) is 46.5 Å². The summed E-state index contributed by atoms with van der Waals surface area (Å²) in [6, 6.07) is 17.8. The molecule has 2 amide bonds. The number of benzene rings is 3. The maximum Gasteiger partial charge on any atom is 0.415 e. The van der Waals surface area contributed by atoms with Gasteiger partial charge in [0.05, 0.1) is 18.0 Å². The molecule has 1 atom stereocenters. The Hall–Kier alpha value is -4.55. The molecule has 0 bridgehead atoms. The third-order valence-electron chi connectivity index (χ3n) is 7.34. The number of phenols is 1. The zero-order valence-electron chi connectivity index (χ0n) is 24.8. The number of hydrogen-bond donors (Lipinski definition) is 3. The Morgan fingerprint density at radius 2 is 1.82 bits per heavy atom. The van der Waals surface area contributed by atoms with Crippen molar-refractivity contribution >= 4 is 50.8 Å². The number of rotatable bonds is 7. The molecule has 1 aliphatic heterocycles. The van der Waals surface area contributed by atoms with Crippen LogP contribution in [0, 0.1) is 5.41 Å². The molecule has 3 aromatic rings. The molecule has 3 aromatic carbocycles. The number of carbonyl (C=O) groups excluding carboxylic acids is 3. The standard InChI is InChI=1S/C32H32ClN3O8S/c1-32(2)15-23-28(26(38)16-32)30(21-13-12-20(14-22(21)33)43-17-19-8-5-4-6-9-19)36(24-10-7-11-25(37)29(24)34-23)31(40)44-18-27(39)35-45(3,41)42/h4-14,30,34,37H,15-18H2,1-3H3,(H,35,39). The first kappa shape index (κ1) is 31.9. The Kier molecular flexibility index (Phi) is 8.81. The number of amides is 2. The number of phenolic OH excluding ortho intramolecular Hbond substituents is 1. The highest BCUT2D eigenvalue weighted by Crippen LogP contribution is 2.51. The highest BCUT2D eigenvalue weighted by atomic mass is 35.5. The van der Waals surface area contributed by atoms with Gasteiger partial charge in [-0.05, 0) is 47.2 Å². The number of ether oxygens (including phenoxy) is 2. The predicted octanol–water partition coefficient (Wildman–Crippen LogP) is 5.45. The highest BCUT2D eigenvalue weighted by Gasteiger charge is 2.45. The van der Waals surface area contributed by atoms with Gasteiger partial charge in [0.1, 0.15) is 23.8 Å². The fraction of sp³-hybridized carbons (Fsp3) is 0.281. The lowest BCUT2D eigenvalue weighted by atomic mass is 9.73. The number of nitrogens with one attached hydrogen (secondary N) is 2. The lowest BCUT2D eigenvalue weighted by molar-refractivity contribution is -0.122. The molecule has 0 radical (unpaired) electrons. The number of para-hydroxylation sites is 1.